The number of anilines is 1. The van der Waals surface area contributed by atoms with Crippen molar-refractivity contribution in [2.75, 3.05) is 18.1 Å². The number of hydrogen-bond acceptors (Lipinski definition) is 5. The van der Waals surface area contributed by atoms with Crippen molar-refractivity contribution in [1.82, 2.24) is 5.32 Å². The largest absolute Gasteiger partial charge is 0.486 e. The lowest BCUT2D eigenvalue weighted by atomic mass is 10.1. The lowest BCUT2D eigenvalue weighted by molar-refractivity contribution is -0.122. The van der Waals surface area contributed by atoms with Gasteiger partial charge in [-0.1, -0.05) is 12.1 Å². The third-order valence-corrected chi connectivity index (χ3v) is 4.05. The van der Waals surface area contributed by atoms with Crippen molar-refractivity contribution in [3.63, 3.8) is 0 Å². The summed E-state index contributed by atoms with van der Waals surface area (Å²) in [7, 11) is 0. The molecule has 1 N–H and O–H groups in total. The van der Waals surface area contributed by atoms with Crippen LogP contribution in [0.4, 0.5) is 14.9 Å². The number of ether oxygens (including phenoxy) is 2. The topological polar surface area (TPSA) is 84.9 Å². The van der Waals surface area contributed by atoms with E-state index in [2.05, 4.69) is 5.32 Å². The number of imide groups is 2. The Bertz CT molecular complexity index is 1000. The Morgan fingerprint density at radius 2 is 1.78 bits per heavy atom. The second-order valence-electron chi connectivity index (χ2n) is 5.84. The van der Waals surface area contributed by atoms with E-state index >= 15 is 0 Å². The minimum absolute atomic E-state index is 0.0260. The molecule has 2 aliphatic rings. The molecule has 0 saturated carbocycles. The van der Waals surface area contributed by atoms with Crippen molar-refractivity contribution in [3.05, 3.63) is 59.4 Å². The van der Waals surface area contributed by atoms with Gasteiger partial charge in [-0.25, -0.2) is 14.1 Å². The van der Waals surface area contributed by atoms with Crippen LogP contribution in [0.15, 0.2) is 48.0 Å². The Kier molecular flexibility index (Phi) is 4.08. The Labute approximate surface area is 153 Å². The van der Waals surface area contributed by atoms with E-state index in [9.17, 15) is 18.8 Å². The summed E-state index contributed by atoms with van der Waals surface area (Å²) in [5.41, 5.74) is 0.292. The number of rotatable bonds is 2. The summed E-state index contributed by atoms with van der Waals surface area (Å²) in [4.78, 5) is 37.7. The van der Waals surface area contributed by atoms with Crippen LogP contribution in [0.1, 0.15) is 5.56 Å². The average molecular weight is 368 g/mol. The molecule has 1 fully saturated rings. The number of fused-ring (bicyclic) bond motifs is 1. The minimum Gasteiger partial charge on any atom is -0.486 e. The normalized spacial score (nSPS) is 17.9. The molecule has 2 heterocycles. The summed E-state index contributed by atoms with van der Waals surface area (Å²) in [6, 6.07) is 9.01. The molecule has 2 aromatic rings. The van der Waals surface area contributed by atoms with Crippen molar-refractivity contribution >= 4 is 29.6 Å². The maximum atomic E-state index is 13.5. The van der Waals surface area contributed by atoms with Gasteiger partial charge in [-0.15, -0.1) is 0 Å². The summed E-state index contributed by atoms with van der Waals surface area (Å²) in [6.45, 7) is 0.841. The summed E-state index contributed by atoms with van der Waals surface area (Å²) >= 11 is 0. The molecule has 4 rings (SSSR count). The van der Waals surface area contributed by atoms with Gasteiger partial charge in [0.25, 0.3) is 11.8 Å². The molecular weight excluding hydrogens is 355 g/mol. The SMILES string of the molecule is O=C1NC(=O)N(c2cccc(F)c2)C(=O)C1=Cc1ccc2c(c1)OCCO2. The molecule has 8 heteroatoms. The lowest BCUT2D eigenvalue weighted by Gasteiger charge is -2.26. The first-order chi connectivity index (χ1) is 13.0. The highest BCUT2D eigenvalue weighted by Crippen LogP contribution is 2.32. The molecule has 7 nitrogen and oxygen atoms in total. The van der Waals surface area contributed by atoms with Crippen LogP contribution in [-0.4, -0.2) is 31.1 Å². The summed E-state index contributed by atoms with van der Waals surface area (Å²) < 4.78 is 24.4. The molecule has 0 bridgehead atoms. The molecular formula is C19H13FN2O5. The number of barbiturate groups is 1. The molecule has 0 aromatic heterocycles. The number of benzene rings is 2. The number of urea groups is 1. The average Bonchev–Trinajstić information content (AvgIpc) is 2.65. The fourth-order valence-corrected chi connectivity index (χ4v) is 2.82. The van der Waals surface area contributed by atoms with E-state index in [0.29, 0.717) is 35.2 Å². The number of hydrogen-bond donors (Lipinski definition) is 1. The van der Waals surface area contributed by atoms with E-state index in [4.69, 9.17) is 9.47 Å². The van der Waals surface area contributed by atoms with E-state index in [1.807, 2.05) is 0 Å². The van der Waals surface area contributed by atoms with Crippen molar-refractivity contribution in [3.8, 4) is 11.5 Å². The van der Waals surface area contributed by atoms with Crippen LogP contribution in [0.3, 0.4) is 0 Å². The van der Waals surface area contributed by atoms with Gasteiger partial charge >= 0.3 is 6.03 Å². The second kappa shape index (κ2) is 6.56. The van der Waals surface area contributed by atoms with Gasteiger partial charge in [0, 0.05) is 0 Å². The van der Waals surface area contributed by atoms with Crippen LogP contribution < -0.4 is 19.7 Å². The summed E-state index contributed by atoms with van der Waals surface area (Å²) in [5, 5.41) is 2.09. The van der Waals surface area contributed by atoms with Gasteiger partial charge in [-0.05, 0) is 42.0 Å². The van der Waals surface area contributed by atoms with Gasteiger partial charge in [0.2, 0.25) is 0 Å². The van der Waals surface area contributed by atoms with Gasteiger partial charge in [-0.2, -0.15) is 0 Å². The van der Waals surface area contributed by atoms with Gasteiger partial charge in [0.1, 0.15) is 24.6 Å². The lowest BCUT2D eigenvalue weighted by Crippen LogP contribution is -2.54. The zero-order valence-electron chi connectivity index (χ0n) is 13.9. The fraction of sp³-hybridized carbons (Fsp3) is 0.105. The predicted molar refractivity (Wildman–Crippen MR) is 92.8 cm³/mol. The molecule has 0 atom stereocenters. The fourth-order valence-electron chi connectivity index (χ4n) is 2.82. The highest BCUT2D eigenvalue weighted by molar-refractivity contribution is 6.39. The molecule has 0 unspecified atom stereocenters. The van der Waals surface area contributed by atoms with Crippen LogP contribution in [0.2, 0.25) is 0 Å². The molecule has 1 saturated heterocycles. The smallest absolute Gasteiger partial charge is 0.335 e. The number of nitrogens with one attached hydrogen (secondary N) is 1. The van der Waals surface area contributed by atoms with Crippen LogP contribution in [0, 0.1) is 5.82 Å². The number of carbonyl (C=O) groups is 3. The van der Waals surface area contributed by atoms with E-state index < -0.39 is 23.7 Å². The Morgan fingerprint density at radius 1 is 1.00 bits per heavy atom. The number of nitrogens with zero attached hydrogens (tertiary/aromatic N) is 1. The Hall–Kier alpha value is -3.68. The standard InChI is InChI=1S/C19H13FN2O5/c20-12-2-1-3-13(10-12)22-18(24)14(17(23)21-19(22)25)8-11-4-5-15-16(9-11)27-7-6-26-15/h1-5,8-10H,6-7H2,(H,21,23,25). The third-order valence-electron chi connectivity index (χ3n) is 4.05. The number of carbonyl (C=O) groups excluding carboxylic acids is 3. The molecule has 0 spiro atoms. The monoisotopic (exact) mass is 368 g/mol. The van der Waals surface area contributed by atoms with Gasteiger partial charge in [0.15, 0.2) is 11.5 Å². The number of amides is 4. The van der Waals surface area contributed by atoms with Crippen LogP contribution in [-0.2, 0) is 9.59 Å². The van der Waals surface area contributed by atoms with Gasteiger partial charge < -0.3 is 9.47 Å². The number of halogens is 1. The molecule has 0 radical (unpaired) electrons. The first-order valence-corrected chi connectivity index (χ1v) is 8.09. The Balaban J connectivity index is 1.71. The van der Waals surface area contributed by atoms with E-state index in [1.165, 1.54) is 24.3 Å². The molecule has 136 valence electrons. The van der Waals surface area contributed by atoms with Crippen LogP contribution >= 0.6 is 0 Å². The molecule has 27 heavy (non-hydrogen) atoms. The van der Waals surface area contributed by atoms with E-state index in [-0.39, 0.29) is 11.3 Å². The maximum absolute atomic E-state index is 13.5. The van der Waals surface area contributed by atoms with Gasteiger partial charge in [0.05, 0.1) is 5.69 Å². The van der Waals surface area contributed by atoms with Crippen LogP contribution in [0.25, 0.3) is 6.08 Å². The molecule has 2 aliphatic heterocycles. The summed E-state index contributed by atoms with van der Waals surface area (Å²) in [6.07, 6.45) is 1.34. The van der Waals surface area contributed by atoms with E-state index in [0.717, 1.165) is 6.07 Å². The third kappa shape index (κ3) is 3.12. The van der Waals surface area contributed by atoms with E-state index in [1.54, 1.807) is 18.2 Å². The molecule has 2 aromatic carbocycles. The Morgan fingerprint density at radius 3 is 2.56 bits per heavy atom. The van der Waals surface area contributed by atoms with Gasteiger partial charge in [-0.3, -0.25) is 14.9 Å². The quantitative estimate of drug-likeness (QED) is 0.649. The second-order valence-corrected chi connectivity index (χ2v) is 5.84. The highest BCUT2D eigenvalue weighted by atomic mass is 19.1. The van der Waals surface area contributed by atoms with Crippen molar-refractivity contribution in [2.45, 2.75) is 0 Å². The van der Waals surface area contributed by atoms with Crippen molar-refractivity contribution < 1.29 is 28.2 Å². The predicted octanol–water partition coefficient (Wildman–Crippen LogP) is 2.26. The zero-order chi connectivity index (χ0) is 19.0. The zero-order valence-corrected chi connectivity index (χ0v) is 13.9. The first kappa shape index (κ1) is 16.8. The summed E-state index contributed by atoms with van der Waals surface area (Å²) in [5.74, 6) is -1.21. The first-order valence-electron chi connectivity index (χ1n) is 8.09. The van der Waals surface area contributed by atoms with Crippen molar-refractivity contribution in [2.24, 2.45) is 0 Å². The molecule has 4 amide bonds. The minimum atomic E-state index is -0.935. The van der Waals surface area contributed by atoms with Crippen LogP contribution in [0.5, 0.6) is 11.5 Å². The highest BCUT2D eigenvalue weighted by Gasteiger charge is 2.37. The maximum Gasteiger partial charge on any atom is 0.335 e. The van der Waals surface area contributed by atoms with Crippen molar-refractivity contribution in [1.29, 1.82) is 0 Å². The molecule has 0 aliphatic carbocycles.